The molecule has 4 heteroatoms. The Morgan fingerprint density at radius 1 is 1.09 bits per heavy atom. The van der Waals surface area contributed by atoms with Crippen LogP contribution in [0.4, 0.5) is 4.39 Å². The van der Waals surface area contributed by atoms with Gasteiger partial charge < -0.3 is 4.90 Å². The van der Waals surface area contributed by atoms with Gasteiger partial charge in [0, 0.05) is 32.2 Å². The molecule has 5 rings (SSSR count). The first-order valence-corrected chi connectivity index (χ1v) is 8.94. The van der Waals surface area contributed by atoms with Gasteiger partial charge in [-0.2, -0.15) is 0 Å². The molecule has 1 aromatic carbocycles. The van der Waals surface area contributed by atoms with E-state index in [1.54, 1.807) is 18.2 Å². The van der Waals surface area contributed by atoms with E-state index in [0.717, 1.165) is 25.6 Å². The Morgan fingerprint density at radius 3 is 2.70 bits per heavy atom. The molecule has 0 N–H and O–H groups in total. The van der Waals surface area contributed by atoms with E-state index in [4.69, 9.17) is 0 Å². The molecule has 0 radical (unpaired) electrons. The van der Waals surface area contributed by atoms with Crippen molar-refractivity contribution in [2.45, 2.75) is 38.1 Å². The van der Waals surface area contributed by atoms with Gasteiger partial charge in [-0.25, -0.2) is 4.39 Å². The highest BCUT2D eigenvalue weighted by molar-refractivity contribution is 5.79. The van der Waals surface area contributed by atoms with Crippen LogP contribution in [0.5, 0.6) is 0 Å². The molecule has 124 valence electrons. The molecule has 0 unspecified atom stereocenters. The Morgan fingerprint density at radius 2 is 1.91 bits per heavy atom. The number of carbonyl (C=O) groups excluding carboxylic acids is 1. The van der Waals surface area contributed by atoms with E-state index in [9.17, 15) is 9.18 Å². The molecule has 1 aromatic rings. The molecule has 3 heterocycles. The molecule has 2 bridgehead atoms. The Labute approximate surface area is 137 Å². The summed E-state index contributed by atoms with van der Waals surface area (Å²) in [6.07, 6.45) is 5.39. The minimum absolute atomic E-state index is 0.0836. The highest BCUT2D eigenvalue weighted by atomic mass is 19.1. The number of rotatable bonds is 4. The van der Waals surface area contributed by atoms with Crippen molar-refractivity contribution in [1.29, 1.82) is 0 Å². The summed E-state index contributed by atoms with van der Waals surface area (Å²) in [5.74, 6) is 1.31. The summed E-state index contributed by atoms with van der Waals surface area (Å²) in [5.41, 5.74) is 0.518. The maximum absolute atomic E-state index is 13.8. The van der Waals surface area contributed by atoms with E-state index in [-0.39, 0.29) is 18.1 Å². The van der Waals surface area contributed by atoms with Gasteiger partial charge in [-0.15, -0.1) is 0 Å². The maximum atomic E-state index is 13.8. The van der Waals surface area contributed by atoms with Gasteiger partial charge in [0.05, 0.1) is 6.42 Å². The largest absolute Gasteiger partial charge is 0.341 e. The van der Waals surface area contributed by atoms with Gasteiger partial charge in [-0.05, 0) is 49.1 Å². The second-order valence-corrected chi connectivity index (χ2v) is 7.56. The highest BCUT2D eigenvalue weighted by Gasteiger charge is 2.38. The summed E-state index contributed by atoms with van der Waals surface area (Å²) >= 11 is 0. The predicted molar refractivity (Wildman–Crippen MR) is 87.5 cm³/mol. The SMILES string of the molecule is O=C(Cc1ccccc1F)N1C[C@@H]2CC[C@H](C1)N(CC1CC1)C2. The molecule has 3 saturated heterocycles. The third kappa shape index (κ3) is 3.42. The third-order valence-corrected chi connectivity index (χ3v) is 5.67. The number of hydrogen-bond acceptors (Lipinski definition) is 2. The predicted octanol–water partition coefficient (Wildman–Crippen LogP) is 2.70. The molecule has 4 aliphatic rings. The Kier molecular flexibility index (Phi) is 4.10. The summed E-state index contributed by atoms with van der Waals surface area (Å²) in [7, 11) is 0. The maximum Gasteiger partial charge on any atom is 0.227 e. The minimum Gasteiger partial charge on any atom is -0.341 e. The highest BCUT2D eigenvalue weighted by Crippen LogP contribution is 2.34. The van der Waals surface area contributed by atoms with Crippen LogP contribution < -0.4 is 0 Å². The number of carbonyl (C=O) groups is 1. The van der Waals surface area contributed by atoms with Crippen LogP contribution in [0.25, 0.3) is 0 Å². The van der Waals surface area contributed by atoms with Crippen LogP contribution in [0.1, 0.15) is 31.2 Å². The van der Waals surface area contributed by atoms with Crippen molar-refractivity contribution in [2.75, 3.05) is 26.2 Å². The van der Waals surface area contributed by atoms with Gasteiger partial charge in [0.15, 0.2) is 0 Å². The molecule has 3 aliphatic heterocycles. The molecule has 2 atom stereocenters. The lowest BCUT2D eigenvalue weighted by molar-refractivity contribution is -0.130. The van der Waals surface area contributed by atoms with Crippen molar-refractivity contribution in [2.24, 2.45) is 11.8 Å². The van der Waals surface area contributed by atoms with E-state index in [2.05, 4.69) is 4.90 Å². The molecule has 4 fully saturated rings. The van der Waals surface area contributed by atoms with Crippen LogP contribution in [0, 0.1) is 17.7 Å². The lowest BCUT2D eigenvalue weighted by Crippen LogP contribution is -2.45. The molecule has 3 nitrogen and oxygen atoms in total. The zero-order chi connectivity index (χ0) is 15.8. The number of amides is 1. The van der Waals surface area contributed by atoms with E-state index < -0.39 is 0 Å². The first-order valence-electron chi connectivity index (χ1n) is 8.94. The van der Waals surface area contributed by atoms with Gasteiger partial charge in [0.2, 0.25) is 5.91 Å². The summed E-state index contributed by atoms with van der Waals surface area (Å²) in [6.45, 7) is 4.04. The van der Waals surface area contributed by atoms with Crippen molar-refractivity contribution >= 4 is 5.91 Å². The third-order valence-electron chi connectivity index (χ3n) is 5.67. The van der Waals surface area contributed by atoms with E-state index in [0.29, 0.717) is 17.5 Å². The van der Waals surface area contributed by atoms with Crippen molar-refractivity contribution in [1.82, 2.24) is 9.80 Å². The van der Waals surface area contributed by atoms with Crippen LogP contribution in [0.3, 0.4) is 0 Å². The Hall–Kier alpha value is -1.42. The first kappa shape index (κ1) is 15.1. The van der Waals surface area contributed by atoms with Crippen LogP contribution in [0.2, 0.25) is 0 Å². The van der Waals surface area contributed by atoms with Crippen molar-refractivity contribution in [3.8, 4) is 0 Å². The van der Waals surface area contributed by atoms with Crippen molar-refractivity contribution in [3.05, 3.63) is 35.6 Å². The molecule has 0 spiro atoms. The number of halogens is 1. The zero-order valence-corrected chi connectivity index (χ0v) is 13.6. The minimum atomic E-state index is -0.269. The fraction of sp³-hybridized carbons (Fsp3) is 0.632. The van der Waals surface area contributed by atoms with Gasteiger partial charge >= 0.3 is 0 Å². The van der Waals surface area contributed by atoms with Gasteiger partial charge in [-0.1, -0.05) is 18.2 Å². The monoisotopic (exact) mass is 316 g/mol. The molecular weight excluding hydrogens is 291 g/mol. The molecule has 1 saturated carbocycles. The lowest BCUT2D eigenvalue weighted by Gasteiger charge is -2.36. The molecule has 1 amide bonds. The fourth-order valence-corrected chi connectivity index (χ4v) is 4.15. The zero-order valence-electron chi connectivity index (χ0n) is 13.6. The van der Waals surface area contributed by atoms with Gasteiger partial charge in [0.1, 0.15) is 5.82 Å². The second kappa shape index (κ2) is 6.23. The smallest absolute Gasteiger partial charge is 0.227 e. The quantitative estimate of drug-likeness (QED) is 0.853. The summed E-state index contributed by atoms with van der Waals surface area (Å²) in [5, 5.41) is 0. The number of benzene rings is 1. The molecule has 1 aliphatic carbocycles. The van der Waals surface area contributed by atoms with E-state index in [1.165, 1.54) is 38.3 Å². The van der Waals surface area contributed by atoms with Crippen molar-refractivity contribution in [3.63, 3.8) is 0 Å². The topological polar surface area (TPSA) is 23.6 Å². The molecule has 0 aromatic heterocycles. The van der Waals surface area contributed by atoms with Gasteiger partial charge in [-0.3, -0.25) is 9.69 Å². The summed E-state index contributed by atoms with van der Waals surface area (Å²) < 4.78 is 13.8. The number of fused-ring (bicyclic) bond motifs is 4. The summed E-state index contributed by atoms with van der Waals surface area (Å²) in [6, 6.07) is 7.14. The van der Waals surface area contributed by atoms with Crippen LogP contribution >= 0.6 is 0 Å². The normalized spacial score (nSPS) is 28.0. The van der Waals surface area contributed by atoms with E-state index >= 15 is 0 Å². The fourth-order valence-electron chi connectivity index (χ4n) is 4.15. The standard InChI is InChI=1S/C19H25FN2O/c20-18-4-2-1-3-16(18)9-19(23)22-12-15-7-8-17(13-22)21(11-15)10-14-5-6-14/h1-4,14-15,17H,5-13H2/t15-,17-/m1/s1. The lowest BCUT2D eigenvalue weighted by atomic mass is 9.95. The van der Waals surface area contributed by atoms with Crippen LogP contribution in [-0.4, -0.2) is 47.9 Å². The Bertz CT molecular complexity index is 586. The molecule has 23 heavy (non-hydrogen) atoms. The number of nitrogens with zero attached hydrogens (tertiary/aromatic N) is 2. The van der Waals surface area contributed by atoms with E-state index in [1.807, 2.05) is 4.90 Å². The van der Waals surface area contributed by atoms with Gasteiger partial charge in [0.25, 0.3) is 0 Å². The molecular formula is C19H25FN2O. The number of piperidine rings is 1. The second-order valence-electron chi connectivity index (χ2n) is 7.56. The average Bonchev–Trinajstić information content (AvgIpc) is 3.37. The summed E-state index contributed by atoms with van der Waals surface area (Å²) in [4.78, 5) is 17.3. The first-order chi connectivity index (χ1) is 11.2. The Balaban J connectivity index is 1.43. The van der Waals surface area contributed by atoms with Crippen LogP contribution in [-0.2, 0) is 11.2 Å². The number of hydrogen-bond donors (Lipinski definition) is 0. The van der Waals surface area contributed by atoms with Crippen LogP contribution in [0.15, 0.2) is 24.3 Å². The average molecular weight is 316 g/mol. The van der Waals surface area contributed by atoms with Crippen molar-refractivity contribution < 1.29 is 9.18 Å².